The number of benzene rings is 1. The summed E-state index contributed by atoms with van der Waals surface area (Å²) in [5.41, 5.74) is -0.414. The monoisotopic (exact) mass is 285 g/mol. The molecule has 1 fully saturated rings. The Balaban J connectivity index is 2.06. The quantitative estimate of drug-likeness (QED) is 0.834. The number of ether oxygens (including phenoxy) is 1. The van der Waals surface area contributed by atoms with Gasteiger partial charge in [0.05, 0.1) is 24.5 Å². The van der Waals surface area contributed by atoms with E-state index in [1.807, 2.05) is 0 Å². The van der Waals surface area contributed by atoms with Crippen molar-refractivity contribution in [2.24, 2.45) is 5.92 Å². The summed E-state index contributed by atoms with van der Waals surface area (Å²) in [6, 6.07) is 2.51. The van der Waals surface area contributed by atoms with Crippen molar-refractivity contribution in [1.29, 1.82) is 0 Å². The molecule has 0 saturated heterocycles. The van der Waals surface area contributed by atoms with Gasteiger partial charge in [-0.2, -0.15) is 0 Å². The fourth-order valence-corrected chi connectivity index (χ4v) is 2.44. The Labute approximate surface area is 115 Å². The number of carbonyl (C=O) groups excluding carboxylic acids is 1. The number of methoxy groups -OCH3 is 1. The summed E-state index contributed by atoms with van der Waals surface area (Å²) in [6.45, 7) is 0.463. The van der Waals surface area contributed by atoms with E-state index in [0.29, 0.717) is 13.0 Å². The van der Waals surface area contributed by atoms with Crippen molar-refractivity contribution in [1.82, 2.24) is 0 Å². The van der Waals surface area contributed by atoms with Gasteiger partial charge in [-0.25, -0.2) is 13.6 Å². The summed E-state index contributed by atoms with van der Waals surface area (Å²) in [5.74, 6) is -2.97. The third-order valence-corrected chi connectivity index (χ3v) is 3.58. The highest BCUT2D eigenvalue weighted by atomic mass is 19.2. The third-order valence-electron chi connectivity index (χ3n) is 3.58. The Bertz CT molecular complexity index is 507. The van der Waals surface area contributed by atoms with Gasteiger partial charge in [0.2, 0.25) is 0 Å². The van der Waals surface area contributed by atoms with E-state index in [1.165, 1.54) is 12.1 Å². The molecule has 1 aromatic carbocycles. The first kappa shape index (κ1) is 14.7. The molecule has 1 saturated carbocycles. The number of rotatable bonds is 4. The average molecular weight is 285 g/mol. The van der Waals surface area contributed by atoms with E-state index in [1.54, 1.807) is 0 Å². The summed E-state index contributed by atoms with van der Waals surface area (Å²) >= 11 is 0. The van der Waals surface area contributed by atoms with Crippen molar-refractivity contribution in [2.45, 2.75) is 25.4 Å². The van der Waals surface area contributed by atoms with Crippen LogP contribution in [0.25, 0.3) is 0 Å². The number of nitrogens with one attached hydrogen (secondary N) is 1. The zero-order chi connectivity index (χ0) is 14.7. The highest BCUT2D eigenvalue weighted by Gasteiger charge is 2.24. The molecule has 0 aromatic heterocycles. The number of esters is 1. The Morgan fingerprint density at radius 3 is 2.75 bits per heavy atom. The van der Waals surface area contributed by atoms with Crippen LogP contribution in [0.3, 0.4) is 0 Å². The summed E-state index contributed by atoms with van der Waals surface area (Å²) in [6.07, 6.45) is 1.96. The largest absolute Gasteiger partial charge is 0.465 e. The van der Waals surface area contributed by atoms with Crippen molar-refractivity contribution < 1.29 is 23.4 Å². The molecule has 2 unspecified atom stereocenters. The van der Waals surface area contributed by atoms with Gasteiger partial charge in [0.25, 0.3) is 0 Å². The summed E-state index contributed by atoms with van der Waals surface area (Å²) in [7, 11) is 1.11. The molecule has 2 N–H and O–H groups in total. The van der Waals surface area contributed by atoms with E-state index >= 15 is 0 Å². The highest BCUT2D eigenvalue weighted by Crippen LogP contribution is 2.27. The van der Waals surface area contributed by atoms with Crippen LogP contribution in [-0.4, -0.2) is 30.8 Å². The molecule has 2 atom stereocenters. The fourth-order valence-electron chi connectivity index (χ4n) is 2.44. The molecular formula is C14H17F2NO3. The molecule has 0 amide bonds. The van der Waals surface area contributed by atoms with E-state index in [-0.39, 0.29) is 17.7 Å². The molecule has 0 bridgehead atoms. The second kappa shape index (κ2) is 6.17. The van der Waals surface area contributed by atoms with Gasteiger partial charge in [0.15, 0.2) is 11.6 Å². The van der Waals surface area contributed by atoms with Crippen molar-refractivity contribution >= 4 is 11.7 Å². The molecule has 1 aliphatic rings. The maximum absolute atomic E-state index is 13.8. The summed E-state index contributed by atoms with van der Waals surface area (Å²) < 4.78 is 31.9. The van der Waals surface area contributed by atoms with Crippen LogP contribution in [-0.2, 0) is 4.74 Å². The summed E-state index contributed by atoms with van der Waals surface area (Å²) in [5, 5.41) is 12.2. The number of carbonyl (C=O) groups is 1. The van der Waals surface area contributed by atoms with Gasteiger partial charge in [0, 0.05) is 6.54 Å². The van der Waals surface area contributed by atoms with Crippen molar-refractivity contribution in [3.05, 3.63) is 29.3 Å². The van der Waals surface area contributed by atoms with Gasteiger partial charge < -0.3 is 15.2 Å². The molecule has 4 nitrogen and oxygen atoms in total. The number of anilines is 1. The van der Waals surface area contributed by atoms with Crippen molar-refractivity contribution in [2.75, 3.05) is 19.0 Å². The molecule has 2 rings (SSSR count). The van der Waals surface area contributed by atoms with Gasteiger partial charge in [0.1, 0.15) is 0 Å². The molecule has 110 valence electrons. The van der Waals surface area contributed by atoms with Crippen LogP contribution in [0.4, 0.5) is 14.5 Å². The first-order valence-corrected chi connectivity index (χ1v) is 6.51. The number of hydrogen-bond donors (Lipinski definition) is 2. The molecule has 1 aromatic rings. The lowest BCUT2D eigenvalue weighted by Crippen LogP contribution is -2.15. The molecule has 6 heteroatoms. The maximum Gasteiger partial charge on any atom is 0.340 e. The zero-order valence-electron chi connectivity index (χ0n) is 11.2. The van der Waals surface area contributed by atoms with Crippen LogP contribution in [0, 0.1) is 17.6 Å². The number of halogens is 2. The van der Waals surface area contributed by atoms with E-state index < -0.39 is 23.2 Å². The normalized spacial score (nSPS) is 21.8. The fraction of sp³-hybridized carbons (Fsp3) is 0.500. The summed E-state index contributed by atoms with van der Waals surface area (Å²) in [4.78, 5) is 11.2. The van der Waals surface area contributed by atoms with Gasteiger partial charge in [-0.15, -0.1) is 0 Å². The van der Waals surface area contributed by atoms with Crippen molar-refractivity contribution in [3.8, 4) is 0 Å². The lowest BCUT2D eigenvalue weighted by atomic mass is 10.1. The lowest BCUT2D eigenvalue weighted by Gasteiger charge is -2.13. The molecule has 0 spiro atoms. The lowest BCUT2D eigenvalue weighted by molar-refractivity contribution is 0.0594. The molecule has 1 aliphatic carbocycles. The molecular weight excluding hydrogens is 268 g/mol. The van der Waals surface area contributed by atoms with Crippen LogP contribution >= 0.6 is 0 Å². The van der Waals surface area contributed by atoms with Gasteiger partial charge in [-0.05, 0) is 37.3 Å². The van der Waals surface area contributed by atoms with E-state index in [9.17, 15) is 18.7 Å². The SMILES string of the molecule is COC(=O)c1ccc(NCC2CCC(O)C2)c(F)c1F. The second-order valence-electron chi connectivity index (χ2n) is 4.99. The first-order chi connectivity index (χ1) is 9.52. The first-order valence-electron chi connectivity index (χ1n) is 6.51. The van der Waals surface area contributed by atoms with Crippen LogP contribution in [0.1, 0.15) is 29.6 Å². The van der Waals surface area contributed by atoms with Gasteiger partial charge >= 0.3 is 5.97 Å². The van der Waals surface area contributed by atoms with Gasteiger partial charge in [-0.1, -0.05) is 0 Å². The highest BCUT2D eigenvalue weighted by molar-refractivity contribution is 5.90. The molecule has 0 radical (unpaired) electrons. The predicted molar refractivity (Wildman–Crippen MR) is 69.5 cm³/mol. The third kappa shape index (κ3) is 3.07. The Morgan fingerprint density at radius 1 is 1.40 bits per heavy atom. The molecule has 0 aliphatic heterocycles. The zero-order valence-corrected chi connectivity index (χ0v) is 11.2. The topological polar surface area (TPSA) is 58.6 Å². The smallest absolute Gasteiger partial charge is 0.340 e. The van der Waals surface area contributed by atoms with Crippen molar-refractivity contribution in [3.63, 3.8) is 0 Å². The minimum atomic E-state index is -1.21. The number of hydrogen-bond acceptors (Lipinski definition) is 4. The van der Waals surface area contributed by atoms with E-state index in [2.05, 4.69) is 10.1 Å². The van der Waals surface area contributed by atoms with Crippen LogP contribution in [0.5, 0.6) is 0 Å². The van der Waals surface area contributed by atoms with E-state index in [4.69, 9.17) is 0 Å². The standard InChI is InChI=1S/C14H17F2NO3/c1-20-14(19)10-4-5-11(13(16)12(10)15)17-7-8-2-3-9(18)6-8/h4-5,8-9,17-18H,2-3,6-7H2,1H3. The Hall–Kier alpha value is -1.69. The van der Waals surface area contributed by atoms with E-state index in [0.717, 1.165) is 20.0 Å². The van der Waals surface area contributed by atoms with Gasteiger partial charge in [-0.3, -0.25) is 0 Å². The Kier molecular flexibility index (Phi) is 4.54. The molecule has 20 heavy (non-hydrogen) atoms. The molecule has 0 heterocycles. The minimum absolute atomic E-state index is 0.0107. The number of aliphatic hydroxyl groups is 1. The predicted octanol–water partition coefficient (Wildman–Crippen LogP) is 2.32. The number of aliphatic hydroxyl groups excluding tert-OH is 1. The minimum Gasteiger partial charge on any atom is -0.465 e. The average Bonchev–Trinajstić information content (AvgIpc) is 2.85. The maximum atomic E-state index is 13.8. The van der Waals surface area contributed by atoms with Crippen LogP contribution in [0.15, 0.2) is 12.1 Å². The second-order valence-corrected chi connectivity index (χ2v) is 4.99. The van der Waals surface area contributed by atoms with Crippen LogP contribution < -0.4 is 5.32 Å². The Morgan fingerprint density at radius 2 is 2.15 bits per heavy atom. The van der Waals surface area contributed by atoms with Crippen LogP contribution in [0.2, 0.25) is 0 Å².